The summed E-state index contributed by atoms with van der Waals surface area (Å²) in [5.74, 6) is -0.707. The SMILES string of the molecule is Cc1cccc(C)c1CN1CCC(N(C)c2cc(F)c(S(=O)(=O)Nc3cscn3)cc2Cl)C1. The first kappa shape index (κ1) is 23.9. The van der Waals surface area contributed by atoms with Gasteiger partial charge in [-0.05, 0) is 43.0 Å². The molecular formula is C23H26ClFN4O2S2. The van der Waals surface area contributed by atoms with Gasteiger partial charge in [0.25, 0.3) is 10.0 Å². The number of rotatable bonds is 7. The zero-order chi connectivity index (χ0) is 23.8. The lowest BCUT2D eigenvalue weighted by Gasteiger charge is -2.28. The van der Waals surface area contributed by atoms with Gasteiger partial charge in [0.05, 0.1) is 16.2 Å². The predicted molar refractivity (Wildman–Crippen MR) is 132 cm³/mol. The summed E-state index contributed by atoms with van der Waals surface area (Å²) in [5, 5.41) is 1.72. The van der Waals surface area contributed by atoms with Gasteiger partial charge >= 0.3 is 0 Å². The molecule has 4 rings (SSSR count). The number of likely N-dealkylation sites (N-methyl/N-ethyl adjacent to an activating group) is 1. The number of sulfonamides is 1. The molecular weight excluding hydrogens is 483 g/mol. The van der Waals surface area contributed by atoms with Gasteiger partial charge in [-0.25, -0.2) is 17.8 Å². The van der Waals surface area contributed by atoms with Crippen LogP contribution in [0, 0.1) is 19.7 Å². The van der Waals surface area contributed by atoms with E-state index in [2.05, 4.69) is 46.7 Å². The molecule has 1 aromatic heterocycles. The number of nitrogens with one attached hydrogen (secondary N) is 1. The third-order valence-corrected chi connectivity index (χ3v) is 8.42. The maximum atomic E-state index is 14.9. The first-order chi connectivity index (χ1) is 15.7. The average molecular weight is 509 g/mol. The number of hydrogen-bond donors (Lipinski definition) is 1. The van der Waals surface area contributed by atoms with E-state index in [1.807, 2.05) is 11.9 Å². The van der Waals surface area contributed by atoms with E-state index in [4.69, 9.17) is 11.6 Å². The molecule has 0 aliphatic carbocycles. The number of likely N-dealkylation sites (tertiary alicyclic amines) is 1. The Kier molecular flexibility index (Phi) is 6.95. The number of anilines is 2. The van der Waals surface area contributed by atoms with E-state index in [1.165, 1.54) is 51.1 Å². The number of aryl methyl sites for hydroxylation is 2. The number of nitrogens with zero attached hydrogens (tertiary/aromatic N) is 3. The van der Waals surface area contributed by atoms with Crippen LogP contribution in [0.25, 0.3) is 0 Å². The molecule has 1 atom stereocenters. The van der Waals surface area contributed by atoms with Gasteiger partial charge in [-0.1, -0.05) is 29.8 Å². The number of aromatic nitrogens is 1. The number of thiazole rings is 1. The van der Waals surface area contributed by atoms with Gasteiger partial charge in [-0.15, -0.1) is 11.3 Å². The summed E-state index contributed by atoms with van der Waals surface area (Å²) in [5.41, 5.74) is 5.86. The fourth-order valence-electron chi connectivity index (χ4n) is 4.24. The van der Waals surface area contributed by atoms with E-state index in [1.54, 1.807) is 0 Å². The van der Waals surface area contributed by atoms with E-state index in [0.717, 1.165) is 26.1 Å². The van der Waals surface area contributed by atoms with E-state index in [-0.39, 0.29) is 16.9 Å². The molecule has 1 fully saturated rings. The van der Waals surface area contributed by atoms with Gasteiger partial charge in [0, 0.05) is 44.2 Å². The van der Waals surface area contributed by atoms with E-state index >= 15 is 0 Å². The van der Waals surface area contributed by atoms with Crippen molar-refractivity contribution < 1.29 is 12.8 Å². The molecule has 1 aliphatic heterocycles. The Morgan fingerprint density at radius 1 is 1.30 bits per heavy atom. The van der Waals surface area contributed by atoms with Crippen molar-refractivity contribution in [3.05, 3.63) is 68.8 Å². The first-order valence-electron chi connectivity index (χ1n) is 10.6. The van der Waals surface area contributed by atoms with Crippen molar-refractivity contribution >= 4 is 44.5 Å². The summed E-state index contributed by atoms with van der Waals surface area (Å²) in [4.78, 5) is 7.72. The minimum atomic E-state index is -4.14. The van der Waals surface area contributed by atoms with Crippen LogP contribution in [0.15, 0.2) is 46.1 Å². The molecule has 6 nitrogen and oxygen atoms in total. The standard InChI is InChI=1S/C23H26ClFN4O2S2/c1-15-5-4-6-16(2)18(15)12-29-8-7-17(11-29)28(3)21-10-20(25)22(9-19(21)24)33(30,31)27-23-13-32-14-26-23/h4-6,9-10,13-14,17,27H,7-8,11-12H2,1-3H3. The molecule has 0 amide bonds. The molecule has 2 aromatic carbocycles. The molecule has 0 bridgehead atoms. The molecule has 3 aromatic rings. The van der Waals surface area contributed by atoms with Crippen LogP contribution in [0.2, 0.25) is 5.02 Å². The minimum Gasteiger partial charge on any atom is -0.369 e. The molecule has 33 heavy (non-hydrogen) atoms. The van der Waals surface area contributed by atoms with Crippen molar-refractivity contribution in [1.82, 2.24) is 9.88 Å². The van der Waals surface area contributed by atoms with Crippen molar-refractivity contribution in [2.24, 2.45) is 0 Å². The number of benzene rings is 2. The highest BCUT2D eigenvalue weighted by molar-refractivity contribution is 7.92. The van der Waals surface area contributed by atoms with Gasteiger partial charge < -0.3 is 4.90 Å². The smallest absolute Gasteiger partial charge is 0.266 e. The Labute approximate surface area is 203 Å². The fraction of sp³-hybridized carbons (Fsp3) is 0.348. The zero-order valence-electron chi connectivity index (χ0n) is 18.7. The van der Waals surface area contributed by atoms with Crippen LogP contribution in [0.1, 0.15) is 23.1 Å². The van der Waals surface area contributed by atoms with Crippen LogP contribution in [0.4, 0.5) is 15.9 Å². The normalized spacial score (nSPS) is 16.8. The van der Waals surface area contributed by atoms with Gasteiger partial charge in [-0.3, -0.25) is 9.62 Å². The zero-order valence-corrected chi connectivity index (χ0v) is 21.1. The molecule has 1 unspecified atom stereocenters. The lowest BCUT2D eigenvalue weighted by Crippen LogP contribution is -2.35. The highest BCUT2D eigenvalue weighted by Gasteiger charge is 2.29. The van der Waals surface area contributed by atoms with Crippen LogP contribution in [-0.2, 0) is 16.6 Å². The summed E-state index contributed by atoms with van der Waals surface area (Å²) in [6.07, 6.45) is 0.908. The first-order valence-corrected chi connectivity index (χ1v) is 13.4. The Bertz CT molecular complexity index is 1230. The fourth-order valence-corrected chi connectivity index (χ4v) is 6.25. The second kappa shape index (κ2) is 9.58. The van der Waals surface area contributed by atoms with E-state index in [9.17, 15) is 12.8 Å². The highest BCUT2D eigenvalue weighted by Crippen LogP contribution is 2.34. The van der Waals surface area contributed by atoms with E-state index < -0.39 is 20.7 Å². The van der Waals surface area contributed by atoms with Crippen LogP contribution < -0.4 is 9.62 Å². The number of halogens is 2. The molecule has 0 radical (unpaired) electrons. The summed E-state index contributed by atoms with van der Waals surface area (Å²) in [6.45, 7) is 6.86. The van der Waals surface area contributed by atoms with Crippen LogP contribution in [0.3, 0.4) is 0 Å². The summed E-state index contributed by atoms with van der Waals surface area (Å²) >= 11 is 7.68. The topological polar surface area (TPSA) is 65.5 Å². The quantitative estimate of drug-likeness (QED) is 0.483. The second-order valence-corrected chi connectivity index (χ2v) is 11.1. The van der Waals surface area contributed by atoms with Crippen LogP contribution in [0.5, 0.6) is 0 Å². The molecule has 1 N–H and O–H groups in total. The summed E-state index contributed by atoms with van der Waals surface area (Å²) in [7, 11) is -2.27. The van der Waals surface area contributed by atoms with Crippen molar-refractivity contribution in [3.63, 3.8) is 0 Å². The molecule has 1 saturated heterocycles. The van der Waals surface area contributed by atoms with Gasteiger partial charge in [0.15, 0.2) is 5.82 Å². The summed E-state index contributed by atoms with van der Waals surface area (Å²) < 4.78 is 42.4. The molecule has 0 saturated carbocycles. The van der Waals surface area contributed by atoms with Gasteiger partial charge in [-0.2, -0.15) is 0 Å². The van der Waals surface area contributed by atoms with Crippen molar-refractivity contribution in [2.75, 3.05) is 29.8 Å². The molecule has 2 heterocycles. The Balaban J connectivity index is 1.50. The molecule has 0 spiro atoms. The maximum Gasteiger partial charge on any atom is 0.266 e. The number of hydrogen-bond acceptors (Lipinski definition) is 6. The Morgan fingerprint density at radius 3 is 2.70 bits per heavy atom. The predicted octanol–water partition coefficient (Wildman–Crippen LogP) is 5.06. The van der Waals surface area contributed by atoms with Gasteiger partial charge in [0.1, 0.15) is 10.7 Å². The third kappa shape index (κ3) is 5.16. The van der Waals surface area contributed by atoms with Crippen molar-refractivity contribution in [3.8, 4) is 0 Å². The average Bonchev–Trinajstić information content (AvgIpc) is 3.43. The molecule has 10 heteroatoms. The van der Waals surface area contributed by atoms with Gasteiger partial charge in [0.2, 0.25) is 0 Å². The van der Waals surface area contributed by atoms with Crippen LogP contribution in [-0.4, -0.2) is 44.5 Å². The van der Waals surface area contributed by atoms with Crippen molar-refractivity contribution in [1.29, 1.82) is 0 Å². The highest BCUT2D eigenvalue weighted by atomic mass is 35.5. The lowest BCUT2D eigenvalue weighted by molar-refractivity contribution is 0.324. The second-order valence-electron chi connectivity index (χ2n) is 8.37. The molecule has 176 valence electrons. The largest absolute Gasteiger partial charge is 0.369 e. The monoisotopic (exact) mass is 508 g/mol. The Morgan fingerprint density at radius 2 is 2.03 bits per heavy atom. The van der Waals surface area contributed by atoms with E-state index in [0.29, 0.717) is 5.69 Å². The summed E-state index contributed by atoms with van der Waals surface area (Å²) in [6, 6.07) is 8.84. The molecule has 1 aliphatic rings. The maximum absolute atomic E-state index is 14.9. The minimum absolute atomic E-state index is 0.141. The third-order valence-electron chi connectivity index (χ3n) is 6.16. The van der Waals surface area contributed by atoms with Crippen LogP contribution >= 0.6 is 22.9 Å². The lowest BCUT2D eigenvalue weighted by atomic mass is 10.0. The van der Waals surface area contributed by atoms with Crippen molar-refractivity contribution in [2.45, 2.75) is 37.8 Å². The Hall–Kier alpha value is -2.20.